The van der Waals surface area contributed by atoms with Crippen molar-refractivity contribution in [3.8, 4) is 0 Å². The number of hydrogen-bond acceptors (Lipinski definition) is 5. The Kier molecular flexibility index (Phi) is 4.26. The number of aliphatic carboxylic acids is 1. The number of carbonyl (C=O) groups is 3. The first-order valence-electron chi connectivity index (χ1n) is 4.25. The molecule has 0 saturated heterocycles. The van der Waals surface area contributed by atoms with E-state index < -0.39 is 29.6 Å². The summed E-state index contributed by atoms with van der Waals surface area (Å²) < 4.78 is 9.25. The van der Waals surface area contributed by atoms with E-state index in [1.165, 1.54) is 13.8 Å². The van der Waals surface area contributed by atoms with Crippen molar-refractivity contribution in [2.45, 2.75) is 34.0 Å². The highest BCUT2D eigenvalue weighted by molar-refractivity contribution is 5.76. The van der Waals surface area contributed by atoms with E-state index in [1.54, 1.807) is 0 Å². The summed E-state index contributed by atoms with van der Waals surface area (Å²) in [7, 11) is 0. The first-order valence-corrected chi connectivity index (χ1v) is 4.25. The fourth-order valence-electron chi connectivity index (χ4n) is 0.721. The molecule has 0 bridgehead atoms. The van der Waals surface area contributed by atoms with Gasteiger partial charge in [-0.1, -0.05) is 0 Å². The molecule has 86 valence electrons. The number of ether oxygens (including phenoxy) is 2. The Morgan fingerprint density at radius 1 is 1.07 bits per heavy atom. The van der Waals surface area contributed by atoms with Crippen LogP contribution >= 0.6 is 0 Å². The Balaban J connectivity index is 4.83. The van der Waals surface area contributed by atoms with Crippen molar-refractivity contribution >= 4 is 17.9 Å². The summed E-state index contributed by atoms with van der Waals surface area (Å²) in [5.74, 6) is -2.65. The number of carbonyl (C=O) groups excluding carboxylic acids is 2. The molecule has 0 unspecified atom stereocenters. The maximum Gasteiger partial charge on any atom is 0.316 e. The van der Waals surface area contributed by atoms with Crippen molar-refractivity contribution in [3.05, 3.63) is 0 Å². The van der Waals surface area contributed by atoms with Gasteiger partial charge < -0.3 is 14.6 Å². The predicted octanol–water partition coefficient (Wildman–Crippen LogP) is 0.549. The van der Waals surface area contributed by atoms with E-state index in [0.717, 1.165) is 13.8 Å². The van der Waals surface area contributed by atoms with Gasteiger partial charge in [0.05, 0.1) is 0 Å². The van der Waals surface area contributed by atoms with Crippen molar-refractivity contribution in [1.82, 2.24) is 0 Å². The lowest BCUT2D eigenvalue weighted by molar-refractivity contribution is -0.211. The highest BCUT2D eigenvalue weighted by Crippen LogP contribution is 2.25. The number of carboxylic acid groups (broad SMARTS) is 1. The van der Waals surface area contributed by atoms with Gasteiger partial charge in [0.1, 0.15) is 5.41 Å². The standard InChI is InChI=1S/C9H14O6/c1-5(10)14-8(15-6(2)11)9(3,4)7(12)13/h8H,1-4H3,(H,12,13). The third kappa shape index (κ3) is 3.97. The molecule has 1 N–H and O–H groups in total. The van der Waals surface area contributed by atoms with E-state index in [0.29, 0.717) is 0 Å². The molecule has 0 saturated carbocycles. The van der Waals surface area contributed by atoms with E-state index in [9.17, 15) is 14.4 Å². The zero-order valence-electron chi connectivity index (χ0n) is 9.07. The van der Waals surface area contributed by atoms with Gasteiger partial charge in [0.2, 0.25) is 0 Å². The minimum absolute atomic E-state index is 0.712. The topological polar surface area (TPSA) is 89.9 Å². The lowest BCUT2D eigenvalue weighted by Gasteiger charge is -2.28. The van der Waals surface area contributed by atoms with Crippen molar-refractivity contribution < 1.29 is 29.0 Å². The second-order valence-electron chi connectivity index (χ2n) is 3.58. The molecule has 0 aromatic heterocycles. The van der Waals surface area contributed by atoms with Crippen LogP contribution in [0.15, 0.2) is 0 Å². The van der Waals surface area contributed by atoms with Crippen LogP contribution in [0.3, 0.4) is 0 Å². The molecule has 15 heavy (non-hydrogen) atoms. The number of hydrogen-bond donors (Lipinski definition) is 1. The van der Waals surface area contributed by atoms with Gasteiger partial charge in [-0.3, -0.25) is 14.4 Å². The summed E-state index contributed by atoms with van der Waals surface area (Å²) in [5.41, 5.74) is -1.49. The summed E-state index contributed by atoms with van der Waals surface area (Å²) in [6.45, 7) is 4.81. The van der Waals surface area contributed by atoms with Crippen LogP contribution in [0.2, 0.25) is 0 Å². The highest BCUT2D eigenvalue weighted by Gasteiger charge is 2.42. The maximum absolute atomic E-state index is 10.8. The fraction of sp³-hybridized carbons (Fsp3) is 0.667. The van der Waals surface area contributed by atoms with Crippen molar-refractivity contribution in [1.29, 1.82) is 0 Å². The van der Waals surface area contributed by atoms with Crippen molar-refractivity contribution in [2.24, 2.45) is 5.41 Å². The average molecular weight is 218 g/mol. The third-order valence-corrected chi connectivity index (χ3v) is 1.69. The van der Waals surface area contributed by atoms with E-state index in [4.69, 9.17) is 5.11 Å². The summed E-state index contributed by atoms with van der Waals surface area (Å²) in [6.07, 6.45) is -1.43. The molecule has 0 aliphatic rings. The molecule has 0 rings (SSSR count). The zero-order valence-corrected chi connectivity index (χ0v) is 9.07. The van der Waals surface area contributed by atoms with Gasteiger partial charge in [0.25, 0.3) is 6.29 Å². The normalized spacial score (nSPS) is 11.0. The van der Waals surface area contributed by atoms with Crippen LogP contribution in [0, 0.1) is 5.41 Å². The van der Waals surface area contributed by atoms with E-state index in [2.05, 4.69) is 9.47 Å². The molecule has 0 fully saturated rings. The second-order valence-corrected chi connectivity index (χ2v) is 3.58. The highest BCUT2D eigenvalue weighted by atomic mass is 16.7. The number of carboxylic acids is 1. The Hall–Kier alpha value is -1.59. The molecule has 0 radical (unpaired) electrons. The zero-order chi connectivity index (χ0) is 12.2. The molecule has 0 heterocycles. The predicted molar refractivity (Wildman–Crippen MR) is 48.7 cm³/mol. The minimum Gasteiger partial charge on any atom is -0.481 e. The Morgan fingerprint density at radius 2 is 1.40 bits per heavy atom. The minimum atomic E-state index is -1.49. The third-order valence-electron chi connectivity index (χ3n) is 1.69. The van der Waals surface area contributed by atoms with Gasteiger partial charge in [0.15, 0.2) is 0 Å². The molecule has 0 aromatic rings. The van der Waals surface area contributed by atoms with E-state index in [-0.39, 0.29) is 0 Å². The van der Waals surface area contributed by atoms with Crippen LogP contribution in [0.4, 0.5) is 0 Å². The second kappa shape index (κ2) is 4.77. The smallest absolute Gasteiger partial charge is 0.316 e. The van der Waals surface area contributed by atoms with Gasteiger partial charge in [-0.25, -0.2) is 0 Å². The first kappa shape index (κ1) is 13.4. The van der Waals surface area contributed by atoms with E-state index >= 15 is 0 Å². The molecule has 0 aliphatic heterocycles. The van der Waals surface area contributed by atoms with Crippen LogP contribution in [0.25, 0.3) is 0 Å². The molecular weight excluding hydrogens is 204 g/mol. The quantitative estimate of drug-likeness (QED) is 0.547. The van der Waals surface area contributed by atoms with Crippen LogP contribution in [0.5, 0.6) is 0 Å². The van der Waals surface area contributed by atoms with Gasteiger partial charge in [-0.15, -0.1) is 0 Å². The van der Waals surface area contributed by atoms with Crippen LogP contribution < -0.4 is 0 Å². The largest absolute Gasteiger partial charge is 0.481 e. The summed E-state index contributed by atoms with van der Waals surface area (Å²) >= 11 is 0. The molecule has 0 amide bonds. The van der Waals surface area contributed by atoms with Crippen LogP contribution in [-0.2, 0) is 23.9 Å². The monoisotopic (exact) mass is 218 g/mol. The lowest BCUT2D eigenvalue weighted by atomic mass is 9.93. The van der Waals surface area contributed by atoms with Crippen molar-refractivity contribution in [3.63, 3.8) is 0 Å². The summed E-state index contributed by atoms with van der Waals surface area (Å²) in [6, 6.07) is 0. The lowest BCUT2D eigenvalue weighted by Crippen LogP contribution is -2.42. The first-order chi connectivity index (χ1) is 6.67. The number of rotatable bonds is 4. The van der Waals surface area contributed by atoms with Gasteiger partial charge >= 0.3 is 17.9 Å². The van der Waals surface area contributed by atoms with Crippen molar-refractivity contribution in [2.75, 3.05) is 0 Å². The van der Waals surface area contributed by atoms with Crippen LogP contribution in [-0.4, -0.2) is 29.3 Å². The molecule has 0 atom stereocenters. The van der Waals surface area contributed by atoms with Gasteiger partial charge in [0, 0.05) is 13.8 Å². The summed E-state index contributed by atoms with van der Waals surface area (Å²) in [5, 5.41) is 8.85. The Labute approximate surface area is 87.2 Å². The number of esters is 2. The average Bonchev–Trinajstić information content (AvgIpc) is 2.00. The van der Waals surface area contributed by atoms with Gasteiger partial charge in [-0.2, -0.15) is 0 Å². The molecular formula is C9H14O6. The van der Waals surface area contributed by atoms with Gasteiger partial charge in [-0.05, 0) is 13.8 Å². The molecule has 0 aliphatic carbocycles. The van der Waals surface area contributed by atoms with E-state index in [1.807, 2.05) is 0 Å². The van der Waals surface area contributed by atoms with Crippen LogP contribution in [0.1, 0.15) is 27.7 Å². The maximum atomic E-state index is 10.8. The molecule has 6 nitrogen and oxygen atoms in total. The Bertz CT molecular complexity index is 264. The molecule has 0 aromatic carbocycles. The summed E-state index contributed by atoms with van der Waals surface area (Å²) in [4.78, 5) is 32.2. The SMILES string of the molecule is CC(=O)OC(OC(C)=O)C(C)(C)C(=O)O. The fourth-order valence-corrected chi connectivity index (χ4v) is 0.721. The molecule has 6 heteroatoms. The molecule has 0 spiro atoms. The Morgan fingerprint density at radius 3 is 1.60 bits per heavy atom.